The molecule has 0 bridgehead atoms. The van der Waals surface area contributed by atoms with Crippen molar-refractivity contribution in [2.45, 2.75) is 42.8 Å². The molecule has 2 heterocycles. The Morgan fingerprint density at radius 2 is 1.96 bits per heavy atom. The number of thioether (sulfide) groups is 1. The molecule has 1 unspecified atom stereocenters. The molecule has 1 aliphatic heterocycles. The maximum absolute atomic E-state index is 10.1. The number of hydrogen-bond donors (Lipinski definition) is 2. The molecule has 1 aromatic carbocycles. The molecule has 2 N–H and O–H groups in total. The number of hydrogen-bond acceptors (Lipinski definition) is 5. The average Bonchev–Trinajstić information content (AvgIpc) is 2.63. The Balaban J connectivity index is 1.70. The standard InChI is InChI=1S/C20H25NO3S/c1-2-24-18-5-3-14(4-6-18)7-15-8-16(12-21-11-15)20-10-17(23)9-19(13-22)25-20/h3-6,8,11-12,17,19-20,22-23H,2,7,9-10,13H2,1H3/t17?,19-,20+/m0/s1. The van der Waals surface area contributed by atoms with Gasteiger partial charge >= 0.3 is 0 Å². The molecular weight excluding hydrogens is 334 g/mol. The highest BCUT2D eigenvalue weighted by Gasteiger charge is 2.29. The Bertz CT molecular complexity index is 677. The number of aliphatic hydroxyl groups excluding tert-OH is 2. The highest BCUT2D eigenvalue weighted by atomic mass is 32.2. The normalized spacial score (nSPS) is 23.4. The number of aliphatic hydroxyl groups is 2. The number of aromatic nitrogens is 1. The zero-order chi connectivity index (χ0) is 17.6. The first-order chi connectivity index (χ1) is 12.2. The van der Waals surface area contributed by atoms with E-state index in [-0.39, 0.29) is 23.2 Å². The van der Waals surface area contributed by atoms with Crippen molar-refractivity contribution in [2.75, 3.05) is 13.2 Å². The smallest absolute Gasteiger partial charge is 0.119 e. The molecule has 0 amide bonds. The molecule has 3 atom stereocenters. The second-order valence-corrected chi connectivity index (χ2v) is 7.94. The summed E-state index contributed by atoms with van der Waals surface area (Å²) < 4.78 is 5.48. The first kappa shape index (κ1) is 18.2. The Morgan fingerprint density at radius 3 is 2.68 bits per heavy atom. The van der Waals surface area contributed by atoms with Gasteiger partial charge < -0.3 is 14.9 Å². The van der Waals surface area contributed by atoms with Crippen molar-refractivity contribution in [3.8, 4) is 5.75 Å². The molecule has 25 heavy (non-hydrogen) atoms. The maximum Gasteiger partial charge on any atom is 0.119 e. The van der Waals surface area contributed by atoms with Gasteiger partial charge in [-0.2, -0.15) is 0 Å². The molecule has 134 valence electrons. The van der Waals surface area contributed by atoms with E-state index in [1.807, 2.05) is 31.5 Å². The van der Waals surface area contributed by atoms with Gasteiger partial charge in [-0.3, -0.25) is 4.98 Å². The largest absolute Gasteiger partial charge is 0.494 e. The van der Waals surface area contributed by atoms with Crippen LogP contribution in [0, 0.1) is 0 Å². The second-order valence-electron chi connectivity index (χ2n) is 6.43. The van der Waals surface area contributed by atoms with E-state index in [0.717, 1.165) is 29.7 Å². The summed E-state index contributed by atoms with van der Waals surface area (Å²) >= 11 is 1.74. The maximum atomic E-state index is 10.1. The lowest BCUT2D eigenvalue weighted by Gasteiger charge is -2.31. The average molecular weight is 359 g/mol. The molecular formula is C20H25NO3S. The second kappa shape index (κ2) is 8.70. The molecule has 0 aliphatic carbocycles. The quantitative estimate of drug-likeness (QED) is 0.828. The number of nitrogens with zero attached hydrogens (tertiary/aromatic N) is 1. The Hall–Kier alpha value is -1.56. The van der Waals surface area contributed by atoms with Crippen molar-refractivity contribution in [1.82, 2.24) is 4.98 Å². The van der Waals surface area contributed by atoms with Crippen molar-refractivity contribution < 1.29 is 14.9 Å². The molecule has 4 nitrogen and oxygen atoms in total. The highest BCUT2D eigenvalue weighted by Crippen LogP contribution is 2.42. The Labute approximate surface area is 153 Å². The van der Waals surface area contributed by atoms with Gasteiger partial charge in [0.15, 0.2) is 0 Å². The third-order valence-electron chi connectivity index (χ3n) is 4.41. The van der Waals surface area contributed by atoms with Crippen LogP contribution in [0.1, 0.15) is 41.7 Å². The van der Waals surface area contributed by atoms with Crippen molar-refractivity contribution in [3.63, 3.8) is 0 Å². The van der Waals surface area contributed by atoms with E-state index in [4.69, 9.17) is 4.74 Å². The van der Waals surface area contributed by atoms with E-state index < -0.39 is 0 Å². The van der Waals surface area contributed by atoms with E-state index in [2.05, 4.69) is 23.2 Å². The molecule has 5 heteroatoms. The number of benzene rings is 1. The van der Waals surface area contributed by atoms with E-state index in [0.29, 0.717) is 13.0 Å². The van der Waals surface area contributed by atoms with Gasteiger partial charge in [0.2, 0.25) is 0 Å². The van der Waals surface area contributed by atoms with Gasteiger partial charge in [0.1, 0.15) is 5.75 Å². The van der Waals surface area contributed by atoms with Crippen LogP contribution >= 0.6 is 11.8 Å². The van der Waals surface area contributed by atoms with Gasteiger partial charge in [0, 0.05) is 22.9 Å². The molecule has 1 aromatic heterocycles. The monoisotopic (exact) mass is 359 g/mol. The Kier molecular flexibility index (Phi) is 6.34. The lowest BCUT2D eigenvalue weighted by Crippen LogP contribution is -2.26. The predicted molar refractivity (Wildman–Crippen MR) is 101 cm³/mol. The van der Waals surface area contributed by atoms with Crippen LogP contribution in [0.25, 0.3) is 0 Å². The summed E-state index contributed by atoms with van der Waals surface area (Å²) in [4.78, 5) is 4.40. The lowest BCUT2D eigenvalue weighted by molar-refractivity contribution is 0.137. The van der Waals surface area contributed by atoms with Crippen LogP contribution in [-0.4, -0.2) is 39.8 Å². The summed E-state index contributed by atoms with van der Waals surface area (Å²) in [6.45, 7) is 2.76. The fourth-order valence-corrected chi connectivity index (χ4v) is 4.71. The first-order valence-corrected chi connectivity index (χ1v) is 9.72. The first-order valence-electron chi connectivity index (χ1n) is 8.78. The predicted octanol–water partition coefficient (Wildman–Crippen LogP) is 3.36. The molecule has 1 aliphatic rings. The van der Waals surface area contributed by atoms with Crippen LogP contribution < -0.4 is 4.74 Å². The Morgan fingerprint density at radius 1 is 1.16 bits per heavy atom. The van der Waals surface area contributed by atoms with Gasteiger partial charge in [0.05, 0.1) is 19.3 Å². The topological polar surface area (TPSA) is 62.6 Å². The molecule has 2 aromatic rings. The van der Waals surface area contributed by atoms with Gasteiger partial charge in [-0.15, -0.1) is 11.8 Å². The lowest BCUT2D eigenvalue weighted by atomic mass is 10.0. The molecule has 0 spiro atoms. The summed E-state index contributed by atoms with van der Waals surface area (Å²) in [5.74, 6) is 0.890. The third kappa shape index (κ3) is 4.97. The van der Waals surface area contributed by atoms with E-state index in [1.165, 1.54) is 5.56 Å². The van der Waals surface area contributed by atoms with Crippen LogP contribution in [0.15, 0.2) is 42.7 Å². The summed E-state index contributed by atoms with van der Waals surface area (Å²) in [5, 5.41) is 19.8. The highest BCUT2D eigenvalue weighted by molar-refractivity contribution is 8.00. The molecule has 1 fully saturated rings. The van der Waals surface area contributed by atoms with Gasteiger partial charge in [-0.25, -0.2) is 0 Å². The zero-order valence-electron chi connectivity index (χ0n) is 14.5. The van der Waals surface area contributed by atoms with E-state index >= 15 is 0 Å². The van der Waals surface area contributed by atoms with Crippen molar-refractivity contribution in [2.24, 2.45) is 0 Å². The fourth-order valence-electron chi connectivity index (χ4n) is 3.21. The van der Waals surface area contributed by atoms with Crippen LogP contribution in [0.5, 0.6) is 5.75 Å². The van der Waals surface area contributed by atoms with Crippen molar-refractivity contribution in [3.05, 3.63) is 59.4 Å². The van der Waals surface area contributed by atoms with Crippen molar-refractivity contribution >= 4 is 11.8 Å². The minimum Gasteiger partial charge on any atom is -0.494 e. The van der Waals surface area contributed by atoms with E-state index in [1.54, 1.807) is 11.8 Å². The van der Waals surface area contributed by atoms with Gasteiger partial charge in [-0.05, 0) is 55.0 Å². The van der Waals surface area contributed by atoms with Crippen LogP contribution in [0.2, 0.25) is 0 Å². The summed E-state index contributed by atoms with van der Waals surface area (Å²) in [6.07, 6.45) is 5.63. The van der Waals surface area contributed by atoms with E-state index in [9.17, 15) is 10.2 Å². The molecule has 0 radical (unpaired) electrons. The minimum atomic E-state index is -0.349. The summed E-state index contributed by atoms with van der Waals surface area (Å²) in [7, 11) is 0. The molecule has 1 saturated heterocycles. The SMILES string of the molecule is CCOc1ccc(Cc2cncc([C@H]3CC(O)C[C@@H](CO)S3)c2)cc1. The van der Waals surface area contributed by atoms with Gasteiger partial charge in [0.25, 0.3) is 0 Å². The molecule has 0 saturated carbocycles. The zero-order valence-corrected chi connectivity index (χ0v) is 15.3. The summed E-state index contributed by atoms with van der Waals surface area (Å²) in [5.41, 5.74) is 3.50. The van der Waals surface area contributed by atoms with Crippen LogP contribution in [0.3, 0.4) is 0 Å². The van der Waals surface area contributed by atoms with Crippen molar-refractivity contribution in [1.29, 1.82) is 0 Å². The fraction of sp³-hybridized carbons (Fsp3) is 0.450. The van der Waals surface area contributed by atoms with Crippen LogP contribution in [-0.2, 0) is 6.42 Å². The summed E-state index contributed by atoms with van der Waals surface area (Å²) in [6, 6.07) is 10.3. The number of pyridine rings is 1. The third-order valence-corrected chi connectivity index (χ3v) is 5.93. The minimum absolute atomic E-state index is 0.100. The number of ether oxygens (including phenoxy) is 1. The van der Waals surface area contributed by atoms with Crippen LogP contribution in [0.4, 0.5) is 0 Å². The van der Waals surface area contributed by atoms with Gasteiger partial charge in [-0.1, -0.05) is 18.2 Å². The molecule has 3 rings (SSSR count). The number of rotatable bonds is 6.